The van der Waals surface area contributed by atoms with E-state index in [-0.39, 0.29) is 29.3 Å². The van der Waals surface area contributed by atoms with Crippen molar-refractivity contribution in [1.29, 1.82) is 0 Å². The molecule has 0 saturated carbocycles. The number of primary sulfonamides is 1. The van der Waals surface area contributed by atoms with Gasteiger partial charge in [-0.3, -0.25) is 9.59 Å². The zero-order chi connectivity index (χ0) is 20.6. The second-order valence-corrected chi connectivity index (χ2v) is 10.0. The van der Waals surface area contributed by atoms with Gasteiger partial charge >= 0.3 is 0 Å². The third-order valence-corrected chi connectivity index (χ3v) is 7.20. The van der Waals surface area contributed by atoms with Gasteiger partial charge in [-0.1, -0.05) is 82.5 Å². The fourth-order valence-electron chi connectivity index (χ4n) is 3.41. The standard InChI is InChI=1S/C18H30N4O4S2/c1-2-3-4-5-6-7-8-9-10-11-12-14-13-15(23)22(16(14)24)17-20-21-18(27-17)28(19,25)26/h14H,2-13H2,1H3,(H2,19,25,26). The van der Waals surface area contributed by atoms with Crippen LogP contribution in [0.3, 0.4) is 0 Å². The number of nitrogens with zero attached hydrogens (tertiary/aromatic N) is 3. The molecule has 0 bridgehead atoms. The van der Waals surface area contributed by atoms with Crippen LogP contribution in [0.15, 0.2) is 4.34 Å². The van der Waals surface area contributed by atoms with Crippen molar-refractivity contribution in [3.63, 3.8) is 0 Å². The molecule has 1 aromatic rings. The third kappa shape index (κ3) is 6.59. The molecular weight excluding hydrogens is 400 g/mol. The molecule has 2 amide bonds. The minimum atomic E-state index is -4.00. The highest BCUT2D eigenvalue weighted by Gasteiger charge is 2.41. The summed E-state index contributed by atoms with van der Waals surface area (Å²) in [7, 11) is -4.00. The largest absolute Gasteiger partial charge is 0.274 e. The van der Waals surface area contributed by atoms with Gasteiger partial charge in [0.15, 0.2) is 0 Å². The van der Waals surface area contributed by atoms with Crippen molar-refractivity contribution in [2.75, 3.05) is 4.90 Å². The SMILES string of the molecule is CCCCCCCCCCCCC1CC(=O)N(c2nnc(S(N)(=O)=O)s2)C1=O. The Bertz CT molecular complexity index is 763. The molecule has 1 aliphatic heterocycles. The maximum Gasteiger partial charge on any atom is 0.267 e. The van der Waals surface area contributed by atoms with Crippen LogP contribution < -0.4 is 10.0 Å². The van der Waals surface area contributed by atoms with Crippen LogP contribution in [-0.4, -0.2) is 30.4 Å². The summed E-state index contributed by atoms with van der Waals surface area (Å²) >= 11 is 0.640. The summed E-state index contributed by atoms with van der Waals surface area (Å²) in [5.41, 5.74) is 0. The molecule has 2 rings (SSSR count). The number of carbonyl (C=O) groups is 2. The van der Waals surface area contributed by atoms with Gasteiger partial charge in [0.2, 0.25) is 21.3 Å². The van der Waals surface area contributed by atoms with Gasteiger partial charge in [0.1, 0.15) is 0 Å². The van der Waals surface area contributed by atoms with Crippen molar-refractivity contribution >= 4 is 38.3 Å². The van der Waals surface area contributed by atoms with Gasteiger partial charge in [0, 0.05) is 12.3 Å². The van der Waals surface area contributed by atoms with Crippen LogP contribution in [0.4, 0.5) is 5.13 Å². The van der Waals surface area contributed by atoms with E-state index in [4.69, 9.17) is 5.14 Å². The van der Waals surface area contributed by atoms with Crippen LogP contribution >= 0.6 is 11.3 Å². The Morgan fingerprint density at radius 2 is 1.57 bits per heavy atom. The van der Waals surface area contributed by atoms with Crippen molar-refractivity contribution in [1.82, 2.24) is 10.2 Å². The second-order valence-electron chi connectivity index (χ2n) is 7.33. The van der Waals surface area contributed by atoms with E-state index in [1.807, 2.05) is 0 Å². The van der Waals surface area contributed by atoms with E-state index in [2.05, 4.69) is 17.1 Å². The Morgan fingerprint density at radius 3 is 2.11 bits per heavy atom. The molecular formula is C18H30N4O4S2. The van der Waals surface area contributed by atoms with Gasteiger partial charge < -0.3 is 0 Å². The van der Waals surface area contributed by atoms with Crippen molar-refractivity contribution < 1.29 is 18.0 Å². The Labute approximate surface area is 170 Å². The zero-order valence-electron chi connectivity index (χ0n) is 16.4. The third-order valence-electron chi connectivity index (χ3n) is 4.98. The normalized spacial score (nSPS) is 17.6. The van der Waals surface area contributed by atoms with Crippen molar-refractivity contribution in [3.8, 4) is 0 Å². The molecule has 1 saturated heterocycles. The Hall–Kier alpha value is -1.39. The van der Waals surface area contributed by atoms with E-state index in [0.29, 0.717) is 17.8 Å². The summed E-state index contributed by atoms with van der Waals surface area (Å²) < 4.78 is 22.2. The van der Waals surface area contributed by atoms with E-state index in [9.17, 15) is 18.0 Å². The smallest absolute Gasteiger partial charge is 0.267 e. The molecule has 0 aliphatic carbocycles. The van der Waals surface area contributed by atoms with Gasteiger partial charge in [-0.15, -0.1) is 10.2 Å². The van der Waals surface area contributed by atoms with Crippen LogP contribution in [0.25, 0.3) is 0 Å². The highest BCUT2D eigenvalue weighted by Crippen LogP contribution is 2.32. The molecule has 1 aliphatic rings. The maximum atomic E-state index is 12.5. The van der Waals surface area contributed by atoms with Crippen LogP contribution in [0.2, 0.25) is 0 Å². The van der Waals surface area contributed by atoms with E-state index >= 15 is 0 Å². The van der Waals surface area contributed by atoms with Gasteiger partial charge in [-0.05, 0) is 6.42 Å². The number of aromatic nitrogens is 2. The van der Waals surface area contributed by atoms with Gasteiger partial charge in [0.05, 0.1) is 0 Å². The minimum Gasteiger partial charge on any atom is -0.274 e. The molecule has 1 fully saturated rings. The number of hydrogen-bond acceptors (Lipinski definition) is 7. The maximum absolute atomic E-state index is 12.5. The lowest BCUT2D eigenvalue weighted by molar-refractivity contribution is -0.122. The predicted molar refractivity (Wildman–Crippen MR) is 108 cm³/mol. The molecule has 1 atom stereocenters. The van der Waals surface area contributed by atoms with E-state index < -0.39 is 14.4 Å². The van der Waals surface area contributed by atoms with E-state index in [1.165, 1.54) is 44.9 Å². The number of carbonyl (C=O) groups excluding carboxylic acids is 2. The molecule has 1 aromatic heterocycles. The molecule has 10 heteroatoms. The molecule has 0 aromatic carbocycles. The summed E-state index contributed by atoms with van der Waals surface area (Å²) in [5, 5.41) is 12.1. The monoisotopic (exact) mass is 430 g/mol. The lowest BCUT2D eigenvalue weighted by atomic mass is 9.98. The summed E-state index contributed by atoms with van der Waals surface area (Å²) in [6.07, 6.45) is 13.0. The molecule has 158 valence electrons. The predicted octanol–water partition coefficient (Wildman–Crippen LogP) is 3.38. The van der Waals surface area contributed by atoms with Gasteiger partial charge in [-0.25, -0.2) is 18.5 Å². The van der Waals surface area contributed by atoms with Gasteiger partial charge in [0.25, 0.3) is 10.0 Å². The number of nitrogens with two attached hydrogens (primary N) is 1. The van der Waals surface area contributed by atoms with Crippen LogP contribution in [0, 0.1) is 5.92 Å². The number of unbranched alkanes of at least 4 members (excludes halogenated alkanes) is 9. The first-order chi connectivity index (χ1) is 13.3. The summed E-state index contributed by atoms with van der Waals surface area (Å²) in [5.74, 6) is -1.04. The molecule has 0 radical (unpaired) electrons. The number of amides is 2. The van der Waals surface area contributed by atoms with Crippen molar-refractivity contribution in [2.45, 2.75) is 88.3 Å². The summed E-state index contributed by atoms with van der Waals surface area (Å²) in [6.45, 7) is 2.22. The van der Waals surface area contributed by atoms with Gasteiger partial charge in [-0.2, -0.15) is 0 Å². The summed E-state index contributed by atoms with van der Waals surface area (Å²) in [4.78, 5) is 25.7. The Morgan fingerprint density at radius 1 is 1.00 bits per heavy atom. The highest BCUT2D eigenvalue weighted by atomic mass is 32.2. The number of hydrogen-bond donors (Lipinski definition) is 1. The zero-order valence-corrected chi connectivity index (χ0v) is 18.1. The molecule has 2 N–H and O–H groups in total. The molecule has 0 spiro atoms. The lowest BCUT2D eigenvalue weighted by Crippen LogP contribution is -2.30. The number of imide groups is 1. The Kier molecular flexibility index (Phi) is 8.97. The highest BCUT2D eigenvalue weighted by molar-refractivity contribution is 7.91. The van der Waals surface area contributed by atoms with Crippen LogP contribution in [0.5, 0.6) is 0 Å². The molecule has 2 heterocycles. The molecule has 1 unspecified atom stereocenters. The average Bonchev–Trinajstić information content (AvgIpc) is 3.21. The lowest BCUT2D eigenvalue weighted by Gasteiger charge is -2.10. The number of anilines is 1. The first-order valence-electron chi connectivity index (χ1n) is 10.1. The second kappa shape index (κ2) is 11.0. The quantitative estimate of drug-likeness (QED) is 0.291. The van der Waals surface area contributed by atoms with E-state index in [1.54, 1.807) is 0 Å². The van der Waals surface area contributed by atoms with Crippen LogP contribution in [0.1, 0.15) is 84.0 Å². The fourth-order valence-corrected chi connectivity index (χ4v) is 4.85. The van der Waals surface area contributed by atoms with Crippen molar-refractivity contribution in [2.24, 2.45) is 11.1 Å². The Balaban J connectivity index is 1.70. The molecule has 28 heavy (non-hydrogen) atoms. The number of rotatable bonds is 13. The van der Waals surface area contributed by atoms with E-state index in [0.717, 1.165) is 24.2 Å². The van der Waals surface area contributed by atoms with Crippen LogP contribution in [-0.2, 0) is 19.6 Å². The summed E-state index contributed by atoms with van der Waals surface area (Å²) in [6, 6.07) is 0. The van der Waals surface area contributed by atoms with Crippen molar-refractivity contribution in [3.05, 3.63) is 0 Å². The fraction of sp³-hybridized carbons (Fsp3) is 0.778. The first-order valence-corrected chi connectivity index (χ1v) is 12.4. The minimum absolute atomic E-state index is 0.0235. The molecule has 8 nitrogen and oxygen atoms in total. The first kappa shape index (κ1) is 22.9. The number of sulfonamides is 1. The average molecular weight is 431 g/mol. The topological polar surface area (TPSA) is 123 Å².